The Labute approximate surface area is 272 Å². The lowest BCUT2D eigenvalue weighted by molar-refractivity contribution is -0.143. The van der Waals surface area contributed by atoms with Crippen LogP contribution >= 0.6 is 23.2 Å². The average molecular weight is 705 g/mol. The highest BCUT2D eigenvalue weighted by Gasteiger charge is 2.75. The number of imide groups is 2. The van der Waals surface area contributed by atoms with Crippen molar-refractivity contribution in [2.24, 2.45) is 17.8 Å². The van der Waals surface area contributed by atoms with Crippen molar-refractivity contribution < 1.29 is 55.4 Å². The molecule has 0 radical (unpaired) electrons. The number of amides is 4. The predicted octanol–water partition coefficient (Wildman–Crippen LogP) is 5.29. The molecule has 47 heavy (non-hydrogen) atoms. The second kappa shape index (κ2) is 11.0. The molecule has 1 saturated carbocycles. The maximum absolute atomic E-state index is 14.0. The molecule has 0 aromatic heterocycles. The van der Waals surface area contributed by atoms with Crippen LogP contribution in [0.3, 0.4) is 0 Å². The Morgan fingerprint density at radius 2 is 1.49 bits per heavy atom. The van der Waals surface area contributed by atoms with Crippen LogP contribution in [-0.4, -0.2) is 63.6 Å². The smallest absolute Gasteiger partial charge is 0.416 e. The van der Waals surface area contributed by atoms with E-state index in [0.29, 0.717) is 33.9 Å². The van der Waals surface area contributed by atoms with Crippen LogP contribution in [0.5, 0.6) is 5.75 Å². The van der Waals surface area contributed by atoms with E-state index in [2.05, 4.69) is 0 Å². The van der Waals surface area contributed by atoms with Crippen molar-refractivity contribution in [2.45, 2.75) is 40.9 Å². The van der Waals surface area contributed by atoms with E-state index in [1.54, 1.807) is 18.2 Å². The first-order valence-corrected chi connectivity index (χ1v) is 15.0. The fourth-order valence-corrected chi connectivity index (χ4v) is 8.38. The number of ether oxygens (including phenoxy) is 1. The van der Waals surface area contributed by atoms with Gasteiger partial charge in [-0.15, -0.1) is 23.2 Å². The molecule has 0 bridgehead atoms. The number of nitrogens with zero attached hydrogens (tertiary/aromatic N) is 2. The van der Waals surface area contributed by atoms with Crippen LogP contribution in [-0.2, 0) is 31.5 Å². The molecule has 2 heterocycles. The summed E-state index contributed by atoms with van der Waals surface area (Å²) >= 11 is 14.1. The van der Waals surface area contributed by atoms with Crippen molar-refractivity contribution >= 4 is 52.5 Å². The molecule has 2 aromatic rings. The number of anilines is 1. The molecule has 0 spiro atoms. The number of allylic oxidation sites excluding steroid dienone is 2. The van der Waals surface area contributed by atoms with Gasteiger partial charge >= 0.3 is 12.4 Å². The molecule has 2 saturated heterocycles. The third kappa shape index (κ3) is 4.85. The number of aliphatic hydroxyl groups excluding tert-OH is 1. The van der Waals surface area contributed by atoms with Crippen LogP contribution < -0.4 is 9.64 Å². The molecule has 2 aliphatic carbocycles. The number of likely N-dealkylation sites (tertiary alicyclic amines) is 1. The molecule has 0 unspecified atom stereocenters. The lowest BCUT2D eigenvalue weighted by Crippen LogP contribution is -2.60. The van der Waals surface area contributed by atoms with Gasteiger partial charge in [0.05, 0.1) is 35.3 Å². The lowest BCUT2D eigenvalue weighted by Gasteiger charge is -2.50. The Morgan fingerprint density at radius 3 is 2.04 bits per heavy atom. The molecular weight excluding hydrogens is 681 g/mol. The van der Waals surface area contributed by atoms with Gasteiger partial charge in [-0.2, -0.15) is 26.3 Å². The predicted molar refractivity (Wildman–Crippen MR) is 153 cm³/mol. The van der Waals surface area contributed by atoms with E-state index < -0.39 is 92.6 Å². The summed E-state index contributed by atoms with van der Waals surface area (Å²) in [6.07, 6.45) is -9.46. The van der Waals surface area contributed by atoms with E-state index in [0.717, 1.165) is 4.90 Å². The van der Waals surface area contributed by atoms with Crippen LogP contribution in [0.1, 0.15) is 35.4 Å². The maximum atomic E-state index is 14.0. The zero-order valence-corrected chi connectivity index (χ0v) is 25.7. The standard InChI is InChI=1S/C31H24Cl2F6N2O6/c1-40-26(45)28(32)13-21-19(23(29(28,33)27(40)46)14-2-4-18(5-3-14)47-9-8-42)6-7-20-22(21)25(44)41(24(20)43)17-11-15(30(34,35)36)10-16(12-17)31(37,38)39/h2-6,10-12,20-23,42H,7-9,13H2,1H3/t20-,21+,22-,23-,28+,29-/m0/s1. The molecule has 4 aliphatic rings. The monoisotopic (exact) mass is 704 g/mol. The maximum Gasteiger partial charge on any atom is 0.416 e. The Hall–Kier alpha value is -3.62. The van der Waals surface area contributed by atoms with Gasteiger partial charge in [-0.3, -0.25) is 24.1 Å². The topological polar surface area (TPSA) is 104 Å². The SMILES string of the molecule is CN1C(=O)[C@]2(Cl)C[C@@H]3C(=CC[C@@H]4C(=O)N(c5cc(C(F)(F)F)cc(C(F)(F)F)c5)C(=O)[C@@H]43)[C@H](c3ccc(OCCO)cc3)[C@]2(Cl)C1=O. The number of fused-ring (bicyclic) bond motifs is 4. The van der Waals surface area contributed by atoms with Crippen LogP contribution in [0.25, 0.3) is 0 Å². The summed E-state index contributed by atoms with van der Waals surface area (Å²) in [4.78, 5) is 51.7. The molecule has 6 rings (SSSR count). The summed E-state index contributed by atoms with van der Waals surface area (Å²) < 4.78 is 87.3. The van der Waals surface area contributed by atoms with Gasteiger partial charge in [-0.25, -0.2) is 4.90 Å². The molecule has 4 amide bonds. The zero-order chi connectivity index (χ0) is 34.4. The van der Waals surface area contributed by atoms with E-state index in [-0.39, 0.29) is 25.7 Å². The van der Waals surface area contributed by atoms with Gasteiger partial charge in [0.2, 0.25) is 11.8 Å². The van der Waals surface area contributed by atoms with Crippen LogP contribution in [0.15, 0.2) is 54.1 Å². The van der Waals surface area contributed by atoms with Gasteiger partial charge < -0.3 is 9.84 Å². The molecule has 8 nitrogen and oxygen atoms in total. The second-order valence-corrected chi connectivity index (χ2v) is 13.2. The van der Waals surface area contributed by atoms with Gasteiger partial charge in [-0.05, 0) is 54.7 Å². The van der Waals surface area contributed by atoms with Gasteiger partial charge in [0.15, 0.2) is 9.75 Å². The largest absolute Gasteiger partial charge is 0.491 e. The molecular formula is C31H24Cl2F6N2O6. The number of carbonyl (C=O) groups excluding carboxylic acids is 4. The van der Waals surface area contributed by atoms with Crippen LogP contribution in [0, 0.1) is 17.8 Å². The first-order valence-electron chi connectivity index (χ1n) is 14.3. The highest BCUT2D eigenvalue weighted by molar-refractivity contribution is 6.53. The van der Waals surface area contributed by atoms with Gasteiger partial charge in [0, 0.05) is 13.0 Å². The normalized spacial score (nSPS) is 30.7. The minimum absolute atomic E-state index is 0.00985. The third-order valence-electron chi connectivity index (χ3n) is 9.42. The van der Waals surface area contributed by atoms with E-state index in [9.17, 15) is 45.5 Å². The first kappa shape index (κ1) is 33.3. The molecule has 3 fully saturated rings. The Balaban J connectivity index is 1.46. The minimum Gasteiger partial charge on any atom is -0.491 e. The highest BCUT2D eigenvalue weighted by Crippen LogP contribution is 2.65. The van der Waals surface area contributed by atoms with Crippen molar-refractivity contribution in [2.75, 3.05) is 25.2 Å². The van der Waals surface area contributed by atoms with Crippen molar-refractivity contribution in [1.82, 2.24) is 4.90 Å². The summed E-state index contributed by atoms with van der Waals surface area (Å²) in [5, 5.41) is 9.07. The molecule has 1 N–H and O–H groups in total. The molecule has 16 heteroatoms. The summed E-state index contributed by atoms with van der Waals surface area (Å²) in [7, 11) is 1.19. The van der Waals surface area contributed by atoms with Crippen molar-refractivity contribution in [3.8, 4) is 5.75 Å². The average Bonchev–Trinajstić information content (AvgIpc) is 3.34. The quantitative estimate of drug-likeness (QED) is 0.197. The summed E-state index contributed by atoms with van der Waals surface area (Å²) in [6, 6.07) is 6.67. The first-order chi connectivity index (χ1) is 21.9. The van der Waals surface area contributed by atoms with E-state index in [4.69, 9.17) is 33.0 Å². The summed E-state index contributed by atoms with van der Waals surface area (Å²) in [5.74, 6) is -8.15. The van der Waals surface area contributed by atoms with Gasteiger partial charge in [-0.1, -0.05) is 23.8 Å². The van der Waals surface area contributed by atoms with Crippen molar-refractivity contribution in [3.05, 3.63) is 70.8 Å². The van der Waals surface area contributed by atoms with Crippen LogP contribution in [0.2, 0.25) is 0 Å². The summed E-state index contributed by atoms with van der Waals surface area (Å²) in [5.41, 5.74) is -3.55. The number of aliphatic hydroxyl groups is 1. The zero-order valence-electron chi connectivity index (χ0n) is 24.2. The van der Waals surface area contributed by atoms with Gasteiger partial charge in [0.1, 0.15) is 12.4 Å². The number of rotatable bonds is 5. The molecule has 250 valence electrons. The highest BCUT2D eigenvalue weighted by atomic mass is 35.5. The Kier molecular flexibility index (Phi) is 7.76. The fourth-order valence-electron chi connectivity index (χ4n) is 7.36. The molecule has 2 aromatic carbocycles. The number of benzene rings is 2. The van der Waals surface area contributed by atoms with E-state index >= 15 is 0 Å². The van der Waals surface area contributed by atoms with Crippen molar-refractivity contribution in [1.29, 1.82) is 0 Å². The second-order valence-electron chi connectivity index (χ2n) is 11.9. The fraction of sp³-hybridized carbons (Fsp3) is 0.419. The van der Waals surface area contributed by atoms with E-state index in [1.807, 2.05) is 0 Å². The Bertz CT molecular complexity index is 1700. The number of hydrogen-bond donors (Lipinski definition) is 1. The third-order valence-corrected chi connectivity index (χ3v) is 10.8. The van der Waals surface area contributed by atoms with Crippen molar-refractivity contribution in [3.63, 3.8) is 0 Å². The molecule has 2 aliphatic heterocycles. The number of alkyl halides is 8. The summed E-state index contributed by atoms with van der Waals surface area (Å²) in [6.45, 7) is -0.268. The molecule has 6 atom stereocenters. The number of halogens is 8. The van der Waals surface area contributed by atoms with Gasteiger partial charge in [0.25, 0.3) is 11.8 Å². The van der Waals surface area contributed by atoms with E-state index in [1.165, 1.54) is 19.2 Å². The number of hydrogen-bond acceptors (Lipinski definition) is 6. The lowest BCUT2D eigenvalue weighted by atomic mass is 9.56. The number of carbonyl (C=O) groups is 4. The van der Waals surface area contributed by atoms with Crippen LogP contribution in [0.4, 0.5) is 32.0 Å². The minimum atomic E-state index is -5.23. The Morgan fingerprint density at radius 1 is 0.894 bits per heavy atom.